The Morgan fingerprint density at radius 2 is 1.05 bits per heavy atom. The second-order valence-corrected chi connectivity index (χ2v) is 14.3. The summed E-state index contributed by atoms with van der Waals surface area (Å²) >= 11 is 9.62. The molecule has 4 bridgehead atoms. The van der Waals surface area contributed by atoms with Gasteiger partial charge in [-0.1, -0.05) is 52.4 Å². The fourth-order valence-electron chi connectivity index (χ4n) is 10.0. The Morgan fingerprint density at radius 3 is 1.41 bits per heavy atom. The smallest absolute Gasteiger partial charge is 0.741 e. The zero-order valence-corrected chi connectivity index (χ0v) is 27.2. The normalized spacial score (nSPS) is 46.0. The van der Waals surface area contributed by atoms with Gasteiger partial charge in [0.1, 0.15) is 0 Å². The molecule has 0 amide bonds. The Hall–Kier alpha value is -0.854. The Bertz CT molecular complexity index is 982. The van der Waals surface area contributed by atoms with E-state index in [2.05, 4.69) is 34.3 Å². The molecule has 6 N–H and O–H groups in total. The summed E-state index contributed by atoms with van der Waals surface area (Å²) in [4.78, 5) is 0. The molecule has 0 spiro atoms. The molecule has 6 aliphatic rings. The van der Waals surface area contributed by atoms with Crippen LogP contribution < -0.4 is 11.5 Å². The van der Waals surface area contributed by atoms with Gasteiger partial charge in [-0.25, -0.2) is 0 Å². The predicted molar refractivity (Wildman–Crippen MR) is 167 cm³/mol. The zero-order valence-electron chi connectivity index (χ0n) is 24.5. The monoisotopic (exact) mass is 647 g/mol. The van der Waals surface area contributed by atoms with Crippen molar-refractivity contribution in [2.75, 3.05) is 0 Å². The SMILES string of the molecule is CC1C2CCCC(/C2=N/N=C(N)[S-])C2(O)CCCCC12.CC1C2CCCC(/C2=N/N=C(N)[S-])C2(O)CCCCC12.[Co+2]. The molecule has 6 aliphatic carbocycles. The Kier molecular flexibility index (Phi) is 10.8. The van der Waals surface area contributed by atoms with Crippen LogP contribution in [0.3, 0.4) is 0 Å². The number of nitrogens with zero attached hydrogens (tertiary/aromatic N) is 4. The number of nitrogens with two attached hydrogens (primary N) is 2. The third-order valence-corrected chi connectivity index (χ3v) is 11.9. The van der Waals surface area contributed by atoms with E-state index in [4.69, 9.17) is 36.7 Å². The predicted octanol–water partition coefficient (Wildman–Crippen LogP) is 4.38. The third kappa shape index (κ3) is 6.23. The molecule has 0 aromatic rings. The van der Waals surface area contributed by atoms with Crippen LogP contribution in [0.5, 0.6) is 0 Å². The second-order valence-electron chi connectivity index (χ2n) is 13.5. The van der Waals surface area contributed by atoms with E-state index in [0.29, 0.717) is 35.5 Å². The molecule has 6 rings (SSSR count). The fourth-order valence-corrected chi connectivity index (χ4v) is 10.1. The fraction of sp³-hybridized carbons (Fsp3) is 0.867. The molecule has 0 aliphatic heterocycles. The summed E-state index contributed by atoms with van der Waals surface area (Å²) in [6.45, 7) is 4.56. The average molecular weight is 648 g/mol. The first-order valence-corrected chi connectivity index (χ1v) is 16.5. The van der Waals surface area contributed by atoms with Crippen molar-refractivity contribution in [2.45, 2.75) is 115 Å². The minimum absolute atomic E-state index is 0. The van der Waals surface area contributed by atoms with Gasteiger partial charge in [-0.2, -0.15) is 20.4 Å². The van der Waals surface area contributed by atoms with Crippen LogP contribution >= 0.6 is 0 Å². The molecule has 0 aromatic heterocycles. The minimum Gasteiger partial charge on any atom is -0.741 e. The van der Waals surface area contributed by atoms with E-state index in [9.17, 15) is 10.2 Å². The van der Waals surface area contributed by atoms with Crippen molar-refractivity contribution in [3.63, 3.8) is 0 Å². The summed E-state index contributed by atoms with van der Waals surface area (Å²) in [6.07, 6.45) is 15.6. The van der Waals surface area contributed by atoms with Crippen LogP contribution in [0.2, 0.25) is 0 Å². The molecule has 10 unspecified atom stereocenters. The molecule has 231 valence electrons. The van der Waals surface area contributed by atoms with Crippen molar-refractivity contribution < 1.29 is 27.0 Å². The standard InChI is InChI=1S/2C15H25N3OS.Co/c2*1-9-10-5-4-7-12(13(10)17-18-14(16)20)15(19)8-3-2-6-11(9)15;/h2*9-12,19H,2-8H2,1H3,(H3,16,18,20);/q;;+2/p-2/b2*17-13+;. The van der Waals surface area contributed by atoms with Gasteiger partial charge in [-0.3, -0.25) is 0 Å². The molecule has 6 fully saturated rings. The summed E-state index contributed by atoms with van der Waals surface area (Å²) in [5.74, 6) is 3.06. The van der Waals surface area contributed by atoms with Crippen molar-refractivity contribution in [3.8, 4) is 0 Å². The number of hydrogen-bond acceptors (Lipinski definition) is 8. The number of fused-ring (bicyclic) bond motifs is 8. The van der Waals surface area contributed by atoms with Gasteiger partial charge >= 0.3 is 16.8 Å². The number of hydrogen-bond donors (Lipinski definition) is 4. The van der Waals surface area contributed by atoms with Crippen LogP contribution in [0.15, 0.2) is 20.4 Å². The Balaban J connectivity index is 0.000000184. The van der Waals surface area contributed by atoms with Gasteiger partial charge in [-0.05, 0) is 85.4 Å². The summed E-state index contributed by atoms with van der Waals surface area (Å²) in [6, 6.07) is 0. The van der Waals surface area contributed by atoms with Crippen LogP contribution in [-0.2, 0) is 42.0 Å². The van der Waals surface area contributed by atoms with Gasteiger partial charge < -0.3 is 46.9 Å². The molecule has 11 heteroatoms. The maximum Gasteiger partial charge on any atom is 2.00 e. The molecule has 1 radical (unpaired) electrons. The van der Waals surface area contributed by atoms with E-state index in [0.717, 1.165) is 75.6 Å². The van der Waals surface area contributed by atoms with Crippen LogP contribution in [0.4, 0.5) is 0 Å². The minimum atomic E-state index is -0.570. The summed E-state index contributed by atoms with van der Waals surface area (Å²) < 4.78 is 0. The maximum absolute atomic E-state index is 11.3. The van der Waals surface area contributed by atoms with Crippen molar-refractivity contribution in [3.05, 3.63) is 0 Å². The van der Waals surface area contributed by atoms with Crippen molar-refractivity contribution >= 4 is 47.0 Å². The Labute approximate surface area is 267 Å². The van der Waals surface area contributed by atoms with E-state index < -0.39 is 11.2 Å². The third-order valence-electron chi connectivity index (χ3n) is 11.7. The first-order valence-electron chi connectivity index (χ1n) is 15.7. The van der Waals surface area contributed by atoms with E-state index in [1.165, 1.54) is 25.7 Å². The molecule has 6 saturated carbocycles. The van der Waals surface area contributed by atoms with Gasteiger partial charge in [0.25, 0.3) is 0 Å². The van der Waals surface area contributed by atoms with E-state index in [1.54, 1.807) is 0 Å². The molecule has 10 atom stereocenters. The van der Waals surface area contributed by atoms with Crippen molar-refractivity contribution in [1.82, 2.24) is 0 Å². The first kappa shape index (κ1) is 33.0. The molecule has 8 nitrogen and oxygen atoms in total. The number of amidine groups is 2. The van der Waals surface area contributed by atoms with E-state index in [-0.39, 0.29) is 38.9 Å². The van der Waals surface area contributed by atoms with E-state index in [1.807, 2.05) is 0 Å². The van der Waals surface area contributed by atoms with Gasteiger partial charge in [0, 0.05) is 35.1 Å². The van der Waals surface area contributed by atoms with Crippen LogP contribution in [0.25, 0.3) is 0 Å². The molecular formula is C30H48CoN6O2S2. The zero-order chi connectivity index (χ0) is 28.7. The van der Waals surface area contributed by atoms with Gasteiger partial charge in [0.2, 0.25) is 0 Å². The average Bonchev–Trinajstić information content (AvgIpc) is 2.93. The topological polar surface area (TPSA) is 142 Å². The molecule has 41 heavy (non-hydrogen) atoms. The molecule has 0 aromatic carbocycles. The summed E-state index contributed by atoms with van der Waals surface area (Å²) in [5.41, 5.74) is 11.9. The molecule has 0 heterocycles. The largest absolute Gasteiger partial charge is 2.00 e. The maximum atomic E-state index is 11.3. The van der Waals surface area contributed by atoms with Crippen molar-refractivity contribution in [2.24, 2.45) is 79.2 Å². The second kappa shape index (κ2) is 13.4. The Morgan fingerprint density at radius 1 is 0.659 bits per heavy atom. The van der Waals surface area contributed by atoms with Crippen LogP contribution in [0, 0.1) is 47.3 Å². The van der Waals surface area contributed by atoms with Crippen LogP contribution in [0.1, 0.15) is 104 Å². The van der Waals surface area contributed by atoms with Crippen molar-refractivity contribution in [1.29, 1.82) is 0 Å². The first-order chi connectivity index (χ1) is 19.1. The molecular weight excluding hydrogens is 599 g/mol. The van der Waals surface area contributed by atoms with Crippen LogP contribution in [-0.4, -0.2) is 43.2 Å². The van der Waals surface area contributed by atoms with E-state index >= 15 is 0 Å². The number of rotatable bonds is 2. The summed E-state index contributed by atoms with van der Waals surface area (Å²) in [7, 11) is 0. The van der Waals surface area contributed by atoms with Gasteiger partial charge in [-0.15, -0.1) is 0 Å². The van der Waals surface area contributed by atoms with Gasteiger partial charge in [0.15, 0.2) is 0 Å². The van der Waals surface area contributed by atoms with Gasteiger partial charge in [0.05, 0.1) is 11.2 Å². The summed E-state index contributed by atoms with van der Waals surface area (Å²) in [5, 5.41) is 39.4. The quantitative estimate of drug-likeness (QED) is 0.152. The number of aliphatic hydroxyl groups is 2. The molecule has 0 saturated heterocycles.